The number of anilines is 1. The molecule has 3 heterocycles. The lowest BCUT2D eigenvalue weighted by atomic mass is 10.2. The highest BCUT2D eigenvalue weighted by molar-refractivity contribution is 6.76. The van der Waals surface area contributed by atoms with Crippen molar-refractivity contribution in [3.63, 3.8) is 0 Å². The lowest BCUT2D eigenvalue weighted by Crippen LogP contribution is -2.38. The minimum atomic E-state index is -1.23. The van der Waals surface area contributed by atoms with Crippen LogP contribution >= 0.6 is 11.6 Å². The maximum absolute atomic E-state index is 14.9. The third kappa shape index (κ3) is 8.37. The standard InChI is InChI=1S/C27H36ClF2N5O4Si/c1-40(2,3)14-13-38-18-35-17-20(28)24-23(5-7-31-26(24)35)39-25-21(29)15-19(16-22(25)30)33-27(36)32-6-4-8-34-9-11-37-12-10-34/h5,7,15-17H,4,6,8-14,18H2,1-3H3,(H2,32,33,36). The first-order valence-electron chi connectivity index (χ1n) is 13.3. The molecular formula is C27H36ClF2N5O4Si. The molecule has 1 aromatic carbocycles. The fourth-order valence-corrected chi connectivity index (χ4v) is 5.26. The number of fused-ring (bicyclic) bond motifs is 1. The Morgan fingerprint density at radius 1 is 1.20 bits per heavy atom. The molecule has 2 N–H and O–H groups in total. The highest BCUT2D eigenvalue weighted by Crippen LogP contribution is 2.37. The molecular weight excluding hydrogens is 560 g/mol. The summed E-state index contributed by atoms with van der Waals surface area (Å²) in [5.41, 5.74) is 0.437. The van der Waals surface area contributed by atoms with Gasteiger partial charge < -0.3 is 29.4 Å². The van der Waals surface area contributed by atoms with Crippen LogP contribution in [-0.2, 0) is 16.2 Å². The summed E-state index contributed by atoms with van der Waals surface area (Å²) >= 11 is 6.45. The molecule has 0 aliphatic carbocycles. The lowest BCUT2D eigenvalue weighted by molar-refractivity contribution is 0.0375. The van der Waals surface area contributed by atoms with Crippen LogP contribution in [-0.4, -0.2) is 74.6 Å². The van der Waals surface area contributed by atoms with Gasteiger partial charge in [0.05, 0.1) is 23.6 Å². The van der Waals surface area contributed by atoms with Gasteiger partial charge in [-0.1, -0.05) is 31.2 Å². The molecule has 3 aromatic rings. The van der Waals surface area contributed by atoms with Crippen molar-refractivity contribution in [2.24, 2.45) is 0 Å². The normalized spacial score (nSPS) is 14.4. The van der Waals surface area contributed by atoms with E-state index in [0.717, 1.165) is 44.2 Å². The molecule has 2 amide bonds. The number of pyridine rings is 1. The smallest absolute Gasteiger partial charge is 0.319 e. The molecule has 1 saturated heterocycles. The Morgan fingerprint density at radius 2 is 1.93 bits per heavy atom. The zero-order chi connectivity index (χ0) is 28.7. The van der Waals surface area contributed by atoms with Gasteiger partial charge in [0.15, 0.2) is 17.4 Å². The van der Waals surface area contributed by atoms with Crippen molar-refractivity contribution in [2.75, 3.05) is 51.3 Å². The summed E-state index contributed by atoms with van der Waals surface area (Å²) in [6, 6.07) is 3.96. The fourth-order valence-electron chi connectivity index (χ4n) is 4.21. The number of ether oxygens (including phenoxy) is 3. The quantitative estimate of drug-likeness (QED) is 0.200. The number of hydrogen-bond acceptors (Lipinski definition) is 6. The van der Waals surface area contributed by atoms with Gasteiger partial charge in [-0.25, -0.2) is 18.6 Å². The molecule has 1 aliphatic heterocycles. The largest absolute Gasteiger partial charge is 0.450 e. The number of amides is 2. The number of hydrogen-bond donors (Lipinski definition) is 2. The van der Waals surface area contributed by atoms with Crippen LogP contribution in [0.15, 0.2) is 30.6 Å². The second-order valence-corrected chi connectivity index (χ2v) is 16.9. The van der Waals surface area contributed by atoms with Gasteiger partial charge in [0.2, 0.25) is 0 Å². The zero-order valence-electron chi connectivity index (χ0n) is 23.1. The van der Waals surface area contributed by atoms with Crippen LogP contribution in [0.4, 0.5) is 19.3 Å². The number of nitrogens with zero attached hydrogens (tertiary/aromatic N) is 3. The molecule has 218 valence electrons. The Morgan fingerprint density at radius 3 is 2.62 bits per heavy atom. The number of rotatable bonds is 12. The maximum Gasteiger partial charge on any atom is 0.319 e. The molecule has 4 rings (SSSR count). The molecule has 0 radical (unpaired) electrons. The summed E-state index contributed by atoms with van der Waals surface area (Å²) in [4.78, 5) is 18.8. The van der Waals surface area contributed by atoms with Crippen molar-refractivity contribution in [1.29, 1.82) is 0 Å². The Hall–Kier alpha value is -2.77. The second-order valence-electron chi connectivity index (χ2n) is 10.9. The fraction of sp³-hybridized carbons (Fsp3) is 0.481. The lowest BCUT2D eigenvalue weighted by Gasteiger charge is -2.26. The predicted molar refractivity (Wildman–Crippen MR) is 154 cm³/mol. The molecule has 2 aromatic heterocycles. The van der Waals surface area contributed by atoms with Crippen LogP contribution in [0, 0.1) is 11.6 Å². The van der Waals surface area contributed by atoms with E-state index in [1.54, 1.807) is 10.8 Å². The van der Waals surface area contributed by atoms with Crippen LogP contribution in [0.5, 0.6) is 11.5 Å². The first-order valence-corrected chi connectivity index (χ1v) is 17.4. The van der Waals surface area contributed by atoms with E-state index in [4.69, 9.17) is 25.8 Å². The first-order chi connectivity index (χ1) is 19.1. The molecule has 40 heavy (non-hydrogen) atoms. The molecule has 0 atom stereocenters. The average Bonchev–Trinajstić information content (AvgIpc) is 3.23. The second kappa shape index (κ2) is 13.7. The highest BCUT2D eigenvalue weighted by Gasteiger charge is 2.20. The van der Waals surface area contributed by atoms with Crippen molar-refractivity contribution in [3.8, 4) is 11.5 Å². The summed E-state index contributed by atoms with van der Waals surface area (Å²) in [6.45, 7) is 12.1. The van der Waals surface area contributed by atoms with Crippen LogP contribution in [0.25, 0.3) is 11.0 Å². The van der Waals surface area contributed by atoms with E-state index in [-0.39, 0.29) is 18.2 Å². The SMILES string of the molecule is C[Si](C)(C)CCOCn1cc(Cl)c2c(Oc3c(F)cc(NC(=O)NCCCN4CCOCC4)cc3F)ccnc21. The van der Waals surface area contributed by atoms with E-state index in [2.05, 4.69) is 40.2 Å². The van der Waals surface area contributed by atoms with E-state index >= 15 is 0 Å². The molecule has 0 saturated carbocycles. The van der Waals surface area contributed by atoms with Gasteiger partial charge in [0, 0.05) is 64.5 Å². The number of urea groups is 1. The number of halogens is 3. The van der Waals surface area contributed by atoms with Crippen molar-refractivity contribution in [1.82, 2.24) is 19.8 Å². The third-order valence-electron chi connectivity index (χ3n) is 6.41. The number of carbonyl (C=O) groups is 1. The van der Waals surface area contributed by atoms with Crippen molar-refractivity contribution < 1.29 is 27.8 Å². The molecule has 0 spiro atoms. The Kier molecular flexibility index (Phi) is 10.4. The van der Waals surface area contributed by atoms with Crippen LogP contribution in [0.2, 0.25) is 30.7 Å². The van der Waals surface area contributed by atoms with Gasteiger partial charge in [-0.05, 0) is 25.1 Å². The predicted octanol–water partition coefficient (Wildman–Crippen LogP) is 5.92. The summed E-state index contributed by atoms with van der Waals surface area (Å²) in [5.74, 6) is -2.41. The van der Waals surface area contributed by atoms with Gasteiger partial charge in [-0.15, -0.1) is 0 Å². The summed E-state index contributed by atoms with van der Waals surface area (Å²) in [6.07, 6.45) is 3.87. The summed E-state index contributed by atoms with van der Waals surface area (Å²) < 4.78 is 48.4. The molecule has 9 nitrogen and oxygen atoms in total. The van der Waals surface area contributed by atoms with Gasteiger partial charge in [0.25, 0.3) is 0 Å². The minimum absolute atomic E-state index is 0.0347. The van der Waals surface area contributed by atoms with Gasteiger partial charge >= 0.3 is 6.03 Å². The molecule has 1 fully saturated rings. The maximum atomic E-state index is 14.9. The molecule has 0 unspecified atom stereocenters. The Labute approximate surface area is 238 Å². The van der Waals surface area contributed by atoms with E-state index in [9.17, 15) is 13.6 Å². The van der Waals surface area contributed by atoms with E-state index in [0.29, 0.717) is 42.4 Å². The minimum Gasteiger partial charge on any atom is -0.450 e. The van der Waals surface area contributed by atoms with Gasteiger partial charge in [0.1, 0.15) is 18.1 Å². The van der Waals surface area contributed by atoms with E-state index in [1.807, 2.05) is 0 Å². The summed E-state index contributed by atoms with van der Waals surface area (Å²) in [7, 11) is -1.23. The van der Waals surface area contributed by atoms with Crippen LogP contribution in [0.1, 0.15) is 6.42 Å². The number of nitrogens with one attached hydrogen (secondary N) is 2. The molecule has 13 heteroatoms. The van der Waals surface area contributed by atoms with Gasteiger partial charge in [-0.3, -0.25) is 4.90 Å². The zero-order valence-corrected chi connectivity index (χ0v) is 24.8. The monoisotopic (exact) mass is 595 g/mol. The number of benzene rings is 1. The van der Waals surface area contributed by atoms with Crippen LogP contribution < -0.4 is 15.4 Å². The Balaban J connectivity index is 1.37. The number of carbonyl (C=O) groups excluding carboxylic acids is 1. The topological polar surface area (TPSA) is 89.9 Å². The highest BCUT2D eigenvalue weighted by atomic mass is 35.5. The third-order valence-corrected chi connectivity index (χ3v) is 8.40. The Bertz CT molecular complexity index is 1290. The van der Waals surface area contributed by atoms with Crippen molar-refractivity contribution in [2.45, 2.75) is 38.8 Å². The van der Waals surface area contributed by atoms with Crippen molar-refractivity contribution in [3.05, 3.63) is 47.2 Å². The number of aromatic nitrogens is 2. The van der Waals surface area contributed by atoms with E-state index in [1.165, 1.54) is 12.3 Å². The molecule has 1 aliphatic rings. The number of morpholine rings is 1. The average molecular weight is 596 g/mol. The van der Waals surface area contributed by atoms with Gasteiger partial charge in [-0.2, -0.15) is 0 Å². The molecule has 0 bridgehead atoms. The van der Waals surface area contributed by atoms with Crippen LogP contribution in [0.3, 0.4) is 0 Å². The summed E-state index contributed by atoms with van der Waals surface area (Å²) in [5, 5.41) is 5.89. The first kappa shape index (κ1) is 30.2. The van der Waals surface area contributed by atoms with E-state index < -0.39 is 31.5 Å². The van der Waals surface area contributed by atoms with Crippen molar-refractivity contribution >= 4 is 42.4 Å².